The molecule has 1 aliphatic heterocycles. The number of ether oxygens (including phenoxy) is 2. The van der Waals surface area contributed by atoms with Crippen molar-refractivity contribution in [3.63, 3.8) is 0 Å². The van der Waals surface area contributed by atoms with E-state index in [1.165, 1.54) is 12.0 Å². The first-order valence-corrected chi connectivity index (χ1v) is 9.24. The number of nitrogens with zero attached hydrogens (tertiary/aromatic N) is 1. The van der Waals surface area contributed by atoms with Gasteiger partial charge in [0.05, 0.1) is 12.0 Å². The van der Waals surface area contributed by atoms with Gasteiger partial charge in [-0.05, 0) is 49.4 Å². The van der Waals surface area contributed by atoms with Gasteiger partial charge in [-0.2, -0.15) is 0 Å². The van der Waals surface area contributed by atoms with E-state index in [2.05, 4.69) is 20.7 Å². The SMILES string of the molecule is CCC(C)N1C(=O)SC(=Cc2cc(Br)ccc2OCC(=O)OC)C1=O. The van der Waals surface area contributed by atoms with E-state index < -0.39 is 5.97 Å². The van der Waals surface area contributed by atoms with E-state index in [9.17, 15) is 14.4 Å². The van der Waals surface area contributed by atoms with Crippen molar-refractivity contribution in [3.05, 3.63) is 33.1 Å². The van der Waals surface area contributed by atoms with Gasteiger partial charge in [0.1, 0.15) is 5.75 Å². The molecule has 0 bridgehead atoms. The highest BCUT2D eigenvalue weighted by Gasteiger charge is 2.37. The minimum Gasteiger partial charge on any atom is -0.481 e. The molecule has 2 rings (SSSR count). The lowest BCUT2D eigenvalue weighted by Crippen LogP contribution is -2.36. The fraction of sp³-hybridized carbons (Fsp3) is 0.353. The molecule has 0 N–H and O–H groups in total. The molecule has 134 valence electrons. The number of imide groups is 1. The topological polar surface area (TPSA) is 72.9 Å². The Kier molecular flexibility index (Phi) is 6.66. The number of amides is 2. The first-order chi connectivity index (χ1) is 11.9. The zero-order valence-corrected chi connectivity index (χ0v) is 16.5. The van der Waals surface area contributed by atoms with Crippen LogP contribution in [0.4, 0.5) is 4.79 Å². The molecule has 6 nitrogen and oxygen atoms in total. The van der Waals surface area contributed by atoms with Crippen molar-refractivity contribution in [1.82, 2.24) is 4.90 Å². The second kappa shape index (κ2) is 8.53. The lowest BCUT2D eigenvalue weighted by molar-refractivity contribution is -0.142. The molecule has 0 saturated carbocycles. The van der Waals surface area contributed by atoms with Gasteiger partial charge in [-0.1, -0.05) is 22.9 Å². The summed E-state index contributed by atoms with van der Waals surface area (Å²) in [4.78, 5) is 37.5. The van der Waals surface area contributed by atoms with E-state index in [-0.39, 0.29) is 23.8 Å². The summed E-state index contributed by atoms with van der Waals surface area (Å²) in [5.41, 5.74) is 0.591. The largest absolute Gasteiger partial charge is 0.481 e. The van der Waals surface area contributed by atoms with Crippen LogP contribution in [0.15, 0.2) is 27.6 Å². The van der Waals surface area contributed by atoms with E-state index in [0.29, 0.717) is 22.6 Å². The summed E-state index contributed by atoms with van der Waals surface area (Å²) in [5, 5.41) is -0.280. The molecule has 8 heteroatoms. The van der Waals surface area contributed by atoms with Crippen LogP contribution in [0, 0.1) is 0 Å². The number of hydrogen-bond donors (Lipinski definition) is 0. The smallest absolute Gasteiger partial charge is 0.343 e. The van der Waals surface area contributed by atoms with Crippen molar-refractivity contribution in [3.8, 4) is 5.75 Å². The maximum absolute atomic E-state index is 12.5. The van der Waals surface area contributed by atoms with Crippen LogP contribution in [0.2, 0.25) is 0 Å². The molecule has 1 aromatic rings. The predicted octanol–water partition coefficient (Wildman–Crippen LogP) is 3.84. The number of esters is 1. The third-order valence-electron chi connectivity index (χ3n) is 3.69. The lowest BCUT2D eigenvalue weighted by atomic mass is 10.1. The van der Waals surface area contributed by atoms with Crippen LogP contribution in [0.25, 0.3) is 6.08 Å². The Morgan fingerprint density at radius 1 is 1.40 bits per heavy atom. The van der Waals surface area contributed by atoms with E-state index in [1.807, 2.05) is 13.8 Å². The highest BCUT2D eigenvalue weighted by Crippen LogP contribution is 2.36. The molecule has 1 fully saturated rings. The number of hydrogen-bond acceptors (Lipinski definition) is 6. The second-order valence-corrected chi connectivity index (χ2v) is 7.26. The number of thioether (sulfide) groups is 1. The highest BCUT2D eigenvalue weighted by atomic mass is 79.9. The molecular formula is C17H18BrNO5S. The molecule has 1 unspecified atom stereocenters. The van der Waals surface area contributed by atoms with Crippen LogP contribution in [0.1, 0.15) is 25.8 Å². The van der Waals surface area contributed by atoms with Gasteiger partial charge in [0.2, 0.25) is 0 Å². The minimum absolute atomic E-state index is 0.157. The van der Waals surface area contributed by atoms with Crippen LogP contribution in [0.3, 0.4) is 0 Å². The van der Waals surface area contributed by atoms with E-state index in [0.717, 1.165) is 16.2 Å². The number of rotatable bonds is 6. The number of halogens is 1. The van der Waals surface area contributed by atoms with Crippen molar-refractivity contribution >= 4 is 50.9 Å². The standard InChI is InChI=1S/C17H18BrNO5S/c1-4-10(2)19-16(21)14(25-17(19)22)8-11-7-12(18)5-6-13(11)24-9-15(20)23-3/h5-8,10H,4,9H2,1-3H3. The van der Waals surface area contributed by atoms with Crippen LogP contribution in [-0.4, -0.2) is 41.8 Å². The first kappa shape index (κ1) is 19.5. The van der Waals surface area contributed by atoms with Crippen molar-refractivity contribution < 1.29 is 23.9 Å². The zero-order valence-electron chi connectivity index (χ0n) is 14.1. The predicted molar refractivity (Wildman–Crippen MR) is 99.2 cm³/mol. The Morgan fingerprint density at radius 2 is 2.12 bits per heavy atom. The normalized spacial score (nSPS) is 17.1. The van der Waals surface area contributed by atoms with Gasteiger partial charge in [-0.3, -0.25) is 14.5 Å². The van der Waals surface area contributed by atoms with Crippen molar-refractivity contribution in [2.45, 2.75) is 26.3 Å². The van der Waals surface area contributed by atoms with Gasteiger partial charge in [0.15, 0.2) is 6.61 Å². The minimum atomic E-state index is -0.508. The van der Waals surface area contributed by atoms with E-state index >= 15 is 0 Å². The van der Waals surface area contributed by atoms with Crippen LogP contribution in [-0.2, 0) is 14.3 Å². The quantitative estimate of drug-likeness (QED) is 0.507. The Morgan fingerprint density at radius 3 is 2.76 bits per heavy atom. The summed E-state index contributed by atoms with van der Waals surface area (Å²) in [5.74, 6) is -0.404. The molecule has 2 amide bonds. The molecule has 0 spiro atoms. The highest BCUT2D eigenvalue weighted by molar-refractivity contribution is 9.10. The van der Waals surface area contributed by atoms with Crippen molar-refractivity contribution in [2.75, 3.05) is 13.7 Å². The van der Waals surface area contributed by atoms with Gasteiger partial charge in [-0.15, -0.1) is 0 Å². The van der Waals surface area contributed by atoms with Gasteiger partial charge < -0.3 is 9.47 Å². The Hall–Kier alpha value is -1.80. The molecule has 1 aromatic carbocycles. The Balaban J connectivity index is 2.30. The summed E-state index contributed by atoms with van der Waals surface area (Å²) in [6.45, 7) is 3.52. The molecule has 25 heavy (non-hydrogen) atoms. The lowest BCUT2D eigenvalue weighted by Gasteiger charge is -2.19. The number of methoxy groups -OCH3 is 1. The van der Waals surface area contributed by atoms with Gasteiger partial charge in [0, 0.05) is 16.1 Å². The second-order valence-electron chi connectivity index (χ2n) is 5.36. The molecule has 1 saturated heterocycles. The summed E-state index contributed by atoms with van der Waals surface area (Å²) >= 11 is 4.27. The third kappa shape index (κ3) is 4.64. The molecule has 1 aliphatic rings. The fourth-order valence-corrected chi connectivity index (χ4v) is 3.44. The molecule has 0 aromatic heterocycles. The van der Waals surface area contributed by atoms with Gasteiger partial charge in [-0.25, -0.2) is 4.79 Å². The van der Waals surface area contributed by atoms with E-state index in [1.54, 1.807) is 24.3 Å². The summed E-state index contributed by atoms with van der Waals surface area (Å²) < 4.78 is 10.8. The number of carbonyl (C=O) groups is 3. The molecule has 0 radical (unpaired) electrons. The number of carbonyl (C=O) groups excluding carboxylic acids is 3. The monoisotopic (exact) mass is 427 g/mol. The summed E-state index contributed by atoms with van der Waals surface area (Å²) in [7, 11) is 1.28. The van der Waals surface area contributed by atoms with E-state index in [4.69, 9.17) is 4.74 Å². The maximum atomic E-state index is 12.5. The van der Waals surface area contributed by atoms with Crippen LogP contribution < -0.4 is 4.74 Å². The fourth-order valence-electron chi connectivity index (χ4n) is 2.14. The van der Waals surface area contributed by atoms with Crippen molar-refractivity contribution in [1.29, 1.82) is 0 Å². The average Bonchev–Trinajstić information content (AvgIpc) is 2.86. The molecule has 1 atom stereocenters. The Labute approximate surface area is 158 Å². The molecule has 0 aliphatic carbocycles. The summed E-state index contributed by atoms with van der Waals surface area (Å²) in [6, 6.07) is 5.03. The van der Waals surface area contributed by atoms with Gasteiger partial charge >= 0.3 is 5.97 Å². The molecule has 1 heterocycles. The maximum Gasteiger partial charge on any atom is 0.343 e. The van der Waals surface area contributed by atoms with Crippen LogP contribution >= 0.6 is 27.7 Å². The van der Waals surface area contributed by atoms with Crippen LogP contribution in [0.5, 0.6) is 5.75 Å². The first-order valence-electron chi connectivity index (χ1n) is 7.63. The third-order valence-corrected chi connectivity index (χ3v) is 5.06. The van der Waals surface area contributed by atoms with Crippen molar-refractivity contribution in [2.24, 2.45) is 0 Å². The number of benzene rings is 1. The average molecular weight is 428 g/mol. The summed E-state index contributed by atoms with van der Waals surface area (Å²) in [6.07, 6.45) is 2.29. The Bertz CT molecular complexity index is 734. The van der Waals surface area contributed by atoms with Gasteiger partial charge in [0.25, 0.3) is 11.1 Å². The zero-order chi connectivity index (χ0) is 18.6. The molecular weight excluding hydrogens is 410 g/mol.